The number of rotatable bonds is 4. The molecule has 3 fully saturated rings. The fourth-order valence-corrected chi connectivity index (χ4v) is 6.25. The molecular formula is C26H37F2Rb. The monoisotopic (exact) mass is 472 g/mol. The van der Waals surface area contributed by atoms with Crippen molar-refractivity contribution in [2.45, 2.75) is 96.3 Å². The van der Waals surface area contributed by atoms with E-state index in [1.165, 1.54) is 51.4 Å². The summed E-state index contributed by atoms with van der Waals surface area (Å²) in [6, 6.07) is 3.78. The summed E-state index contributed by atoms with van der Waals surface area (Å²) in [7, 11) is 0. The van der Waals surface area contributed by atoms with Crippen LogP contribution in [0.3, 0.4) is 0 Å². The summed E-state index contributed by atoms with van der Waals surface area (Å²) in [6.45, 7) is 2.39. The van der Waals surface area contributed by atoms with Crippen molar-refractivity contribution in [2.24, 2.45) is 23.7 Å². The average Bonchev–Trinajstić information content (AvgIpc) is 2.73. The molecule has 156 valence electrons. The second kappa shape index (κ2) is 11.7. The summed E-state index contributed by atoms with van der Waals surface area (Å²) in [6.07, 6.45) is 17.6. The maximum absolute atomic E-state index is 14.8. The Morgan fingerprint density at radius 2 is 1.38 bits per heavy atom. The first kappa shape index (κ1) is 24.5. The van der Waals surface area contributed by atoms with Gasteiger partial charge in [-0.15, -0.1) is 0 Å². The Kier molecular flexibility index (Phi) is 9.86. The quantitative estimate of drug-likeness (QED) is 0.540. The Morgan fingerprint density at radius 1 is 0.793 bits per heavy atom. The van der Waals surface area contributed by atoms with E-state index in [0.717, 1.165) is 49.9 Å². The van der Waals surface area contributed by atoms with Crippen LogP contribution in [0, 0.1) is 41.7 Å². The van der Waals surface area contributed by atoms with Gasteiger partial charge in [0, 0.05) is 0 Å². The van der Waals surface area contributed by atoms with Crippen LogP contribution in [0.1, 0.15) is 101 Å². The zero-order valence-corrected chi connectivity index (χ0v) is 23.5. The van der Waals surface area contributed by atoms with Gasteiger partial charge in [-0.3, -0.25) is 0 Å². The van der Waals surface area contributed by atoms with Crippen molar-refractivity contribution in [1.82, 2.24) is 0 Å². The second-order valence-corrected chi connectivity index (χ2v) is 10.1. The van der Waals surface area contributed by atoms with Crippen LogP contribution in [0.25, 0.3) is 0 Å². The van der Waals surface area contributed by atoms with Crippen molar-refractivity contribution >= 4 is 0 Å². The third kappa shape index (κ3) is 6.23. The van der Waals surface area contributed by atoms with Crippen molar-refractivity contribution in [1.29, 1.82) is 0 Å². The van der Waals surface area contributed by atoms with Crippen LogP contribution >= 0.6 is 0 Å². The van der Waals surface area contributed by atoms with Crippen LogP contribution < -0.4 is 58.2 Å². The van der Waals surface area contributed by atoms with E-state index in [9.17, 15) is 8.78 Å². The minimum absolute atomic E-state index is 0. The molecule has 0 atom stereocenters. The molecule has 29 heavy (non-hydrogen) atoms. The van der Waals surface area contributed by atoms with E-state index in [1.807, 2.05) is 12.1 Å². The summed E-state index contributed by atoms with van der Waals surface area (Å²) < 4.78 is 29.5. The third-order valence-corrected chi connectivity index (χ3v) is 8.20. The molecule has 1 aromatic carbocycles. The molecule has 0 N–H and O–H groups in total. The van der Waals surface area contributed by atoms with E-state index in [2.05, 4.69) is 13.3 Å². The predicted octanol–water partition coefficient (Wildman–Crippen LogP) is 5.01. The molecule has 0 aliphatic heterocycles. The number of halogens is 2. The Morgan fingerprint density at radius 3 is 2.00 bits per heavy atom. The van der Waals surface area contributed by atoms with Crippen LogP contribution in [0.2, 0.25) is 0 Å². The summed E-state index contributed by atoms with van der Waals surface area (Å²) >= 11 is 0. The minimum atomic E-state index is -0.561. The van der Waals surface area contributed by atoms with Crippen LogP contribution in [0.5, 0.6) is 0 Å². The zero-order chi connectivity index (χ0) is 19.5. The largest absolute Gasteiger partial charge is 1.00 e. The molecule has 3 aliphatic carbocycles. The molecule has 3 aliphatic rings. The van der Waals surface area contributed by atoms with Gasteiger partial charge in [0.2, 0.25) is 0 Å². The molecule has 0 aromatic heterocycles. The van der Waals surface area contributed by atoms with Gasteiger partial charge in [-0.2, -0.15) is 12.8 Å². The Hall–Kier alpha value is 0.885. The van der Waals surface area contributed by atoms with Gasteiger partial charge >= 0.3 is 58.2 Å². The maximum atomic E-state index is 14.8. The Bertz CT molecular complexity index is 636. The van der Waals surface area contributed by atoms with Crippen molar-refractivity contribution < 1.29 is 67.0 Å². The predicted molar refractivity (Wildman–Crippen MR) is 112 cm³/mol. The molecule has 0 saturated heterocycles. The average molecular weight is 473 g/mol. The molecule has 3 heteroatoms. The Balaban J connectivity index is 0.00000240. The first-order valence-electron chi connectivity index (χ1n) is 11.9. The molecule has 4 rings (SSSR count). The summed E-state index contributed by atoms with van der Waals surface area (Å²) in [5, 5.41) is 0. The van der Waals surface area contributed by atoms with Crippen LogP contribution in [-0.2, 0) is 6.42 Å². The van der Waals surface area contributed by atoms with Crippen molar-refractivity contribution in [3.8, 4) is 0 Å². The summed E-state index contributed by atoms with van der Waals surface area (Å²) in [5.41, 5.74) is 1.23. The second-order valence-electron chi connectivity index (χ2n) is 10.1. The minimum Gasteiger partial charge on any atom is -0.328 e. The van der Waals surface area contributed by atoms with Gasteiger partial charge < -0.3 is 6.42 Å². The summed E-state index contributed by atoms with van der Waals surface area (Å²) in [5.74, 6) is 2.34. The smallest absolute Gasteiger partial charge is 0.328 e. The molecule has 0 spiro atoms. The molecule has 0 bridgehead atoms. The van der Waals surface area contributed by atoms with Gasteiger partial charge in [0.05, 0.1) is 0 Å². The van der Waals surface area contributed by atoms with Crippen LogP contribution in [-0.4, -0.2) is 0 Å². The molecule has 0 radical (unpaired) electrons. The molecule has 0 nitrogen and oxygen atoms in total. The van der Waals surface area contributed by atoms with E-state index in [0.29, 0.717) is 17.0 Å². The normalized spacial score (nSPS) is 31.3. The van der Waals surface area contributed by atoms with Gasteiger partial charge in [-0.05, 0) is 85.7 Å². The Labute approximate surface area is 225 Å². The fourth-order valence-electron chi connectivity index (χ4n) is 6.25. The van der Waals surface area contributed by atoms with E-state index in [1.54, 1.807) is 0 Å². The fraction of sp³-hybridized carbons (Fsp3) is 0.731. The van der Waals surface area contributed by atoms with E-state index in [-0.39, 0.29) is 64.1 Å². The van der Waals surface area contributed by atoms with Gasteiger partial charge in [0.15, 0.2) is 11.6 Å². The van der Waals surface area contributed by atoms with E-state index < -0.39 is 11.6 Å². The van der Waals surface area contributed by atoms with Gasteiger partial charge in [0.25, 0.3) is 0 Å². The first-order chi connectivity index (χ1) is 13.6. The molecular weight excluding hydrogens is 436 g/mol. The first-order valence-corrected chi connectivity index (χ1v) is 11.9. The standard InChI is InChI=1S/C26H37F2.Rb/c1-18-7-11-20(12-8-18)21-13-9-19(10-14-21)17-23-15-16-24(26(28)25(23)27)22-5-3-2-4-6-22;/h2,15-16,18-22H,3-14,17H2,1H3;/q-1;+1. The van der Waals surface area contributed by atoms with Crippen LogP contribution in [0.15, 0.2) is 12.1 Å². The van der Waals surface area contributed by atoms with Gasteiger partial charge in [-0.1, -0.05) is 44.7 Å². The number of hydrogen-bond donors (Lipinski definition) is 0. The molecule has 0 heterocycles. The molecule has 0 amide bonds. The summed E-state index contributed by atoms with van der Waals surface area (Å²) in [4.78, 5) is 0. The SMILES string of the molecule is CC1CCC(C2CCC(Cc3ccc(C4CC[CH-]CC4)c(F)c3F)CC2)CC1.[Rb+]. The van der Waals surface area contributed by atoms with Crippen molar-refractivity contribution in [3.05, 3.63) is 41.3 Å². The van der Waals surface area contributed by atoms with Crippen LogP contribution in [0.4, 0.5) is 8.78 Å². The maximum Gasteiger partial charge on any atom is 1.00 e. The molecule has 0 unspecified atom stereocenters. The number of hydrogen-bond acceptors (Lipinski definition) is 0. The van der Waals surface area contributed by atoms with E-state index in [4.69, 9.17) is 0 Å². The third-order valence-electron chi connectivity index (χ3n) is 8.20. The van der Waals surface area contributed by atoms with Crippen molar-refractivity contribution in [2.75, 3.05) is 0 Å². The van der Waals surface area contributed by atoms with E-state index >= 15 is 0 Å². The van der Waals surface area contributed by atoms with Gasteiger partial charge in [-0.25, -0.2) is 8.78 Å². The molecule has 1 aromatic rings. The molecule has 3 saturated carbocycles. The zero-order valence-electron chi connectivity index (χ0n) is 18.6. The number of benzene rings is 1. The van der Waals surface area contributed by atoms with Crippen molar-refractivity contribution in [3.63, 3.8) is 0 Å². The van der Waals surface area contributed by atoms with Gasteiger partial charge in [0.1, 0.15) is 0 Å². The topological polar surface area (TPSA) is 0 Å².